The van der Waals surface area contributed by atoms with Crippen molar-refractivity contribution in [3.8, 4) is 0 Å². The molecule has 140 valence electrons. The van der Waals surface area contributed by atoms with E-state index in [1.54, 1.807) is 42.5 Å². The number of hydrogen-bond donors (Lipinski definition) is 2. The molecule has 6 nitrogen and oxygen atoms in total. The summed E-state index contributed by atoms with van der Waals surface area (Å²) in [7, 11) is 0. The summed E-state index contributed by atoms with van der Waals surface area (Å²) in [5, 5.41) is 5.31. The molecule has 0 radical (unpaired) electrons. The average molecular weight is 383 g/mol. The number of benzene rings is 1. The van der Waals surface area contributed by atoms with Crippen LogP contribution in [0.2, 0.25) is 0 Å². The van der Waals surface area contributed by atoms with Crippen LogP contribution in [0.15, 0.2) is 35.7 Å². The van der Waals surface area contributed by atoms with E-state index < -0.39 is 23.4 Å². The van der Waals surface area contributed by atoms with Gasteiger partial charge in [0, 0.05) is 10.3 Å². The molecule has 4 rings (SSSR count). The molecule has 2 unspecified atom stereocenters. The van der Waals surface area contributed by atoms with Crippen molar-refractivity contribution < 1.29 is 14.4 Å². The molecular formula is C20H21N3O3S. The van der Waals surface area contributed by atoms with Crippen molar-refractivity contribution >= 4 is 29.2 Å². The number of urea groups is 1. The Morgan fingerprint density at radius 3 is 2.78 bits per heavy atom. The molecule has 2 aliphatic rings. The third-order valence-electron chi connectivity index (χ3n) is 5.40. The number of nitrogens with zero attached hydrogens (tertiary/aromatic N) is 1. The van der Waals surface area contributed by atoms with Crippen molar-refractivity contribution in [2.24, 2.45) is 5.92 Å². The second-order valence-corrected chi connectivity index (χ2v) is 8.37. The molecule has 2 N–H and O–H groups in total. The van der Waals surface area contributed by atoms with Gasteiger partial charge in [-0.2, -0.15) is 5.01 Å². The fraction of sp³-hybridized carbons (Fsp3) is 0.350. The Labute approximate surface area is 161 Å². The Hall–Kier alpha value is -2.67. The summed E-state index contributed by atoms with van der Waals surface area (Å²) < 4.78 is 0. The van der Waals surface area contributed by atoms with Crippen LogP contribution in [0.25, 0.3) is 0 Å². The van der Waals surface area contributed by atoms with Crippen LogP contribution in [0.1, 0.15) is 46.6 Å². The van der Waals surface area contributed by atoms with Crippen molar-refractivity contribution in [2.75, 3.05) is 0 Å². The van der Waals surface area contributed by atoms with Gasteiger partial charge in [-0.05, 0) is 43.2 Å². The van der Waals surface area contributed by atoms with Gasteiger partial charge in [0.2, 0.25) is 0 Å². The van der Waals surface area contributed by atoms with Gasteiger partial charge < -0.3 is 5.32 Å². The number of hydrazine groups is 1. The number of carbonyl (C=O) groups excluding carboxylic acids is 3. The quantitative estimate of drug-likeness (QED) is 0.800. The smallest absolute Gasteiger partial charge is 0.318 e. The Morgan fingerprint density at radius 2 is 2.04 bits per heavy atom. The lowest BCUT2D eigenvalue weighted by molar-refractivity contribution is -0.132. The van der Waals surface area contributed by atoms with Crippen molar-refractivity contribution in [3.63, 3.8) is 0 Å². The van der Waals surface area contributed by atoms with Crippen LogP contribution >= 0.6 is 11.3 Å². The maximum absolute atomic E-state index is 12.9. The van der Waals surface area contributed by atoms with Gasteiger partial charge in [0.05, 0.1) is 5.56 Å². The van der Waals surface area contributed by atoms with Crippen LogP contribution in [-0.4, -0.2) is 22.9 Å². The van der Waals surface area contributed by atoms with E-state index in [1.165, 1.54) is 4.88 Å². The standard InChI is InChI=1S/C20H21N3O3S/c1-12-8-9-14-15(11-27-16(14)10-12)17(24)22-23-18(25)20(2,21-19(23)26)13-6-4-3-5-7-13/h3-7,11-12H,8-10H2,1-2H3,(H,21,26)(H,22,24). The topological polar surface area (TPSA) is 78.5 Å². The second-order valence-electron chi connectivity index (χ2n) is 7.40. The summed E-state index contributed by atoms with van der Waals surface area (Å²) in [6.07, 6.45) is 2.87. The lowest BCUT2D eigenvalue weighted by atomic mass is 9.88. The van der Waals surface area contributed by atoms with E-state index in [9.17, 15) is 14.4 Å². The van der Waals surface area contributed by atoms with E-state index in [-0.39, 0.29) is 0 Å². The molecule has 27 heavy (non-hydrogen) atoms. The number of nitrogens with one attached hydrogen (secondary N) is 2. The fourth-order valence-corrected chi connectivity index (χ4v) is 4.98. The number of thiophene rings is 1. The zero-order chi connectivity index (χ0) is 19.2. The van der Waals surface area contributed by atoms with Gasteiger partial charge in [-0.3, -0.25) is 15.0 Å². The summed E-state index contributed by atoms with van der Waals surface area (Å²) in [5.74, 6) is -0.294. The molecule has 0 bridgehead atoms. The number of rotatable bonds is 3. The molecule has 2 atom stereocenters. The normalized spacial score (nSPS) is 24.5. The highest BCUT2D eigenvalue weighted by Crippen LogP contribution is 2.33. The predicted octanol–water partition coefficient (Wildman–Crippen LogP) is 2.98. The SMILES string of the molecule is CC1CCc2c(C(=O)NN3C(=O)NC(C)(c4ccccc4)C3=O)csc2C1. The number of amides is 4. The van der Waals surface area contributed by atoms with Gasteiger partial charge in [0.1, 0.15) is 5.54 Å². The number of fused-ring (bicyclic) bond motifs is 1. The van der Waals surface area contributed by atoms with Crippen molar-refractivity contribution in [2.45, 2.75) is 38.6 Å². The lowest BCUT2D eigenvalue weighted by Crippen LogP contribution is -2.48. The lowest BCUT2D eigenvalue weighted by Gasteiger charge is -2.22. The maximum atomic E-state index is 12.9. The molecule has 1 aromatic carbocycles. The summed E-state index contributed by atoms with van der Waals surface area (Å²) in [5.41, 5.74) is 3.59. The Balaban J connectivity index is 1.56. The number of carbonyl (C=O) groups is 3. The van der Waals surface area contributed by atoms with E-state index in [1.807, 2.05) is 11.4 Å². The number of imide groups is 1. The minimum atomic E-state index is -1.20. The van der Waals surface area contributed by atoms with Gasteiger partial charge in [0.25, 0.3) is 11.8 Å². The molecule has 7 heteroatoms. The van der Waals surface area contributed by atoms with Crippen molar-refractivity contribution in [1.29, 1.82) is 0 Å². The van der Waals surface area contributed by atoms with Gasteiger partial charge >= 0.3 is 6.03 Å². The monoisotopic (exact) mass is 383 g/mol. The van der Waals surface area contributed by atoms with E-state index in [2.05, 4.69) is 17.7 Å². The molecular weight excluding hydrogens is 362 g/mol. The summed E-state index contributed by atoms with van der Waals surface area (Å²) in [6, 6.07) is 8.38. The highest BCUT2D eigenvalue weighted by molar-refractivity contribution is 7.10. The van der Waals surface area contributed by atoms with Crippen LogP contribution in [0.3, 0.4) is 0 Å². The van der Waals surface area contributed by atoms with Crippen LogP contribution in [0.5, 0.6) is 0 Å². The van der Waals surface area contributed by atoms with E-state index in [0.29, 0.717) is 17.0 Å². The maximum Gasteiger partial charge on any atom is 0.344 e. The van der Waals surface area contributed by atoms with Crippen LogP contribution in [0.4, 0.5) is 4.79 Å². The highest BCUT2D eigenvalue weighted by Gasteiger charge is 2.50. The average Bonchev–Trinajstić information content (AvgIpc) is 3.17. The predicted molar refractivity (Wildman–Crippen MR) is 102 cm³/mol. The first-order chi connectivity index (χ1) is 12.9. The molecule has 2 heterocycles. The third-order valence-corrected chi connectivity index (χ3v) is 6.45. The summed E-state index contributed by atoms with van der Waals surface area (Å²) in [6.45, 7) is 3.85. The second kappa shape index (κ2) is 6.49. The molecule has 4 amide bonds. The zero-order valence-electron chi connectivity index (χ0n) is 15.2. The van der Waals surface area contributed by atoms with Crippen LogP contribution < -0.4 is 10.7 Å². The highest BCUT2D eigenvalue weighted by atomic mass is 32.1. The van der Waals surface area contributed by atoms with Crippen molar-refractivity contribution in [1.82, 2.24) is 15.8 Å². The largest absolute Gasteiger partial charge is 0.344 e. The first-order valence-corrected chi connectivity index (χ1v) is 9.90. The van der Waals surface area contributed by atoms with Gasteiger partial charge in [0.15, 0.2) is 0 Å². The Bertz CT molecular complexity index is 924. The Kier molecular flexibility index (Phi) is 4.26. The molecule has 1 aliphatic heterocycles. The van der Waals surface area contributed by atoms with Gasteiger partial charge in [-0.15, -0.1) is 11.3 Å². The van der Waals surface area contributed by atoms with Crippen LogP contribution in [-0.2, 0) is 23.2 Å². The fourth-order valence-electron chi connectivity index (χ4n) is 3.74. The molecule has 0 spiro atoms. The summed E-state index contributed by atoms with van der Waals surface area (Å²) >= 11 is 1.58. The first kappa shape index (κ1) is 17.7. The third kappa shape index (κ3) is 2.92. The van der Waals surface area contributed by atoms with Gasteiger partial charge in [-0.1, -0.05) is 37.3 Å². The van der Waals surface area contributed by atoms with E-state index in [4.69, 9.17) is 0 Å². The molecule has 1 saturated heterocycles. The molecule has 1 aliphatic carbocycles. The minimum Gasteiger partial charge on any atom is -0.318 e. The zero-order valence-corrected chi connectivity index (χ0v) is 16.1. The van der Waals surface area contributed by atoms with E-state index in [0.717, 1.165) is 29.8 Å². The molecule has 2 aromatic rings. The first-order valence-electron chi connectivity index (χ1n) is 9.02. The minimum absolute atomic E-state index is 0.414. The molecule has 0 saturated carbocycles. The van der Waals surface area contributed by atoms with Crippen LogP contribution in [0, 0.1) is 5.92 Å². The van der Waals surface area contributed by atoms with Gasteiger partial charge in [-0.25, -0.2) is 4.79 Å². The molecule has 1 aromatic heterocycles. The summed E-state index contributed by atoms with van der Waals surface area (Å²) in [4.78, 5) is 39.3. The Morgan fingerprint density at radius 1 is 1.30 bits per heavy atom. The van der Waals surface area contributed by atoms with E-state index >= 15 is 0 Å². The molecule has 1 fully saturated rings. The van der Waals surface area contributed by atoms with Crippen molar-refractivity contribution in [3.05, 3.63) is 57.3 Å². The number of hydrogen-bond acceptors (Lipinski definition) is 4.